The monoisotopic (exact) mass is 293 g/mol. The molecular formula is C16H27N3O2. The van der Waals surface area contributed by atoms with Crippen molar-refractivity contribution < 1.29 is 9.53 Å². The predicted molar refractivity (Wildman–Crippen MR) is 84.6 cm³/mol. The number of hydrogen-bond donors (Lipinski definition) is 0. The Kier molecular flexibility index (Phi) is 4.30. The maximum absolute atomic E-state index is 12.2. The van der Waals surface area contributed by atoms with E-state index in [0.717, 1.165) is 25.3 Å². The van der Waals surface area contributed by atoms with Gasteiger partial charge in [0.1, 0.15) is 11.4 Å². The van der Waals surface area contributed by atoms with Gasteiger partial charge in [0.2, 0.25) is 0 Å². The van der Waals surface area contributed by atoms with E-state index in [4.69, 9.17) is 4.74 Å². The van der Waals surface area contributed by atoms with Gasteiger partial charge in [0.15, 0.2) is 0 Å². The molecule has 0 saturated carbocycles. The second-order valence-corrected chi connectivity index (χ2v) is 7.12. The van der Waals surface area contributed by atoms with Gasteiger partial charge in [-0.05, 0) is 47.1 Å². The molecule has 2 bridgehead atoms. The summed E-state index contributed by atoms with van der Waals surface area (Å²) in [5.74, 6) is 0.934. The lowest BCUT2D eigenvalue weighted by Crippen LogP contribution is -2.71. The Morgan fingerprint density at radius 3 is 2.33 bits per heavy atom. The molecule has 3 saturated heterocycles. The second kappa shape index (κ2) is 5.70. The Morgan fingerprint density at radius 2 is 1.90 bits per heavy atom. The summed E-state index contributed by atoms with van der Waals surface area (Å²) in [5.41, 5.74) is -0.438. The Balaban J connectivity index is 1.99. The van der Waals surface area contributed by atoms with Crippen LogP contribution in [0.25, 0.3) is 0 Å². The summed E-state index contributed by atoms with van der Waals surface area (Å²) in [5, 5.41) is 0. The van der Waals surface area contributed by atoms with Crippen LogP contribution in [0, 0.1) is 0 Å². The molecule has 2 unspecified atom stereocenters. The summed E-state index contributed by atoms with van der Waals surface area (Å²) < 4.78 is 5.48. The van der Waals surface area contributed by atoms with Crippen LogP contribution in [-0.2, 0) is 4.74 Å². The van der Waals surface area contributed by atoms with Gasteiger partial charge in [0.05, 0.1) is 12.1 Å². The highest BCUT2D eigenvalue weighted by atomic mass is 16.6. The van der Waals surface area contributed by atoms with Crippen molar-refractivity contribution in [1.29, 1.82) is 0 Å². The van der Waals surface area contributed by atoms with Crippen molar-refractivity contribution >= 4 is 11.9 Å². The average molecular weight is 293 g/mol. The lowest BCUT2D eigenvalue weighted by atomic mass is 9.88. The maximum Gasteiger partial charge on any atom is 0.410 e. The molecule has 1 amide bonds. The fourth-order valence-corrected chi connectivity index (χ4v) is 2.94. The van der Waals surface area contributed by atoms with E-state index >= 15 is 0 Å². The Labute approximate surface area is 127 Å². The first kappa shape index (κ1) is 15.9. The molecule has 3 aliphatic rings. The molecule has 0 spiro atoms. The van der Waals surface area contributed by atoms with Crippen molar-refractivity contribution in [3.63, 3.8) is 0 Å². The third-order valence-electron chi connectivity index (χ3n) is 3.69. The highest BCUT2D eigenvalue weighted by molar-refractivity contribution is 5.93. The van der Waals surface area contributed by atoms with Crippen molar-refractivity contribution in [2.75, 3.05) is 13.1 Å². The molecule has 3 heterocycles. The van der Waals surface area contributed by atoms with Crippen LogP contribution in [-0.4, -0.2) is 58.5 Å². The standard InChI is InChI=1S/C16H27N3O2/c1-7-14(17-11(2)3)18-9-12-8-13(10-18)19(12)15(20)21-16(4,5)6/h7,11-13H,1,8-10H2,2-6H3/b17-14+. The topological polar surface area (TPSA) is 45.1 Å². The highest BCUT2D eigenvalue weighted by Gasteiger charge is 2.49. The van der Waals surface area contributed by atoms with Gasteiger partial charge in [-0.15, -0.1) is 0 Å². The molecule has 5 heteroatoms. The minimum absolute atomic E-state index is 0.190. The number of hydrogen-bond acceptors (Lipinski definition) is 3. The summed E-state index contributed by atoms with van der Waals surface area (Å²) in [6.07, 6.45) is 2.68. The van der Waals surface area contributed by atoms with Crippen LogP contribution >= 0.6 is 0 Å². The van der Waals surface area contributed by atoms with Crippen molar-refractivity contribution in [2.24, 2.45) is 4.99 Å². The van der Waals surface area contributed by atoms with Crippen LogP contribution in [0.4, 0.5) is 4.79 Å². The third-order valence-corrected chi connectivity index (χ3v) is 3.69. The van der Waals surface area contributed by atoms with Crippen LogP contribution in [0.2, 0.25) is 0 Å². The number of piperazine rings is 1. The number of ether oxygens (including phenoxy) is 1. The van der Waals surface area contributed by atoms with Crippen LogP contribution in [0.1, 0.15) is 41.0 Å². The average Bonchev–Trinajstić information content (AvgIpc) is 2.33. The number of fused-ring (bicyclic) bond motifs is 2. The molecule has 0 aromatic rings. The predicted octanol–water partition coefficient (Wildman–Crippen LogP) is 2.67. The number of amidine groups is 1. The molecule has 3 aliphatic heterocycles. The first-order chi connectivity index (χ1) is 9.71. The fourth-order valence-electron chi connectivity index (χ4n) is 2.94. The molecule has 2 atom stereocenters. The molecule has 0 radical (unpaired) electrons. The van der Waals surface area contributed by atoms with Gasteiger partial charge in [-0.1, -0.05) is 6.58 Å². The lowest BCUT2D eigenvalue weighted by Gasteiger charge is -2.56. The van der Waals surface area contributed by atoms with E-state index < -0.39 is 5.60 Å². The van der Waals surface area contributed by atoms with E-state index in [1.807, 2.05) is 31.7 Å². The van der Waals surface area contributed by atoms with E-state index in [-0.39, 0.29) is 24.2 Å². The minimum atomic E-state index is -0.438. The largest absolute Gasteiger partial charge is 0.444 e. The van der Waals surface area contributed by atoms with Gasteiger partial charge in [0, 0.05) is 19.1 Å². The normalized spacial score (nSPS) is 25.7. The molecule has 0 N–H and O–H groups in total. The Hall–Kier alpha value is -1.52. The van der Waals surface area contributed by atoms with Gasteiger partial charge in [-0.2, -0.15) is 0 Å². The zero-order valence-electron chi connectivity index (χ0n) is 13.8. The lowest BCUT2D eigenvalue weighted by molar-refractivity contribution is -0.0624. The van der Waals surface area contributed by atoms with Crippen molar-refractivity contribution in [3.8, 4) is 0 Å². The third kappa shape index (κ3) is 3.57. The number of aliphatic imine (C=N–C) groups is 1. The van der Waals surface area contributed by atoms with E-state index in [2.05, 4.69) is 30.3 Å². The molecule has 0 aliphatic carbocycles. The van der Waals surface area contributed by atoms with Crippen LogP contribution < -0.4 is 0 Å². The Bertz CT molecular complexity index is 439. The summed E-state index contributed by atoms with van der Waals surface area (Å²) in [7, 11) is 0. The second-order valence-electron chi connectivity index (χ2n) is 7.12. The van der Waals surface area contributed by atoms with Gasteiger partial charge in [-0.25, -0.2) is 4.79 Å². The molecule has 118 valence electrons. The summed E-state index contributed by atoms with van der Waals surface area (Å²) in [6, 6.07) is 0.713. The molecular weight excluding hydrogens is 266 g/mol. The zero-order valence-corrected chi connectivity index (χ0v) is 13.8. The molecule has 5 nitrogen and oxygen atoms in total. The molecule has 0 aromatic carbocycles. The van der Waals surface area contributed by atoms with Crippen molar-refractivity contribution in [2.45, 2.75) is 64.8 Å². The van der Waals surface area contributed by atoms with Crippen molar-refractivity contribution in [1.82, 2.24) is 9.80 Å². The maximum atomic E-state index is 12.2. The summed E-state index contributed by atoms with van der Waals surface area (Å²) >= 11 is 0. The number of carbonyl (C=O) groups is 1. The number of carbonyl (C=O) groups excluding carboxylic acids is 1. The van der Waals surface area contributed by atoms with Crippen LogP contribution in [0.15, 0.2) is 17.6 Å². The first-order valence-corrected chi connectivity index (χ1v) is 7.67. The summed E-state index contributed by atoms with van der Waals surface area (Å²) in [4.78, 5) is 20.9. The molecule has 0 aromatic heterocycles. The smallest absolute Gasteiger partial charge is 0.410 e. The number of nitrogens with zero attached hydrogens (tertiary/aromatic N) is 3. The van der Waals surface area contributed by atoms with E-state index in [1.165, 1.54) is 0 Å². The Morgan fingerprint density at radius 1 is 1.33 bits per heavy atom. The summed E-state index contributed by atoms with van der Waals surface area (Å²) in [6.45, 7) is 15.3. The fraction of sp³-hybridized carbons (Fsp3) is 0.750. The van der Waals surface area contributed by atoms with Crippen molar-refractivity contribution in [3.05, 3.63) is 12.7 Å². The molecule has 3 fully saturated rings. The number of rotatable bonds is 2. The van der Waals surface area contributed by atoms with Gasteiger partial charge < -0.3 is 9.64 Å². The number of piperidine rings is 1. The first-order valence-electron chi connectivity index (χ1n) is 7.67. The van der Waals surface area contributed by atoms with Crippen LogP contribution in [0.3, 0.4) is 0 Å². The van der Waals surface area contributed by atoms with Crippen LogP contribution in [0.5, 0.6) is 0 Å². The SMILES string of the molecule is C=C/C(=N\C(C)C)N1CC2CC(C1)N2C(=O)OC(C)(C)C. The molecule has 3 rings (SSSR count). The van der Waals surface area contributed by atoms with E-state index in [0.29, 0.717) is 0 Å². The van der Waals surface area contributed by atoms with Gasteiger partial charge in [0.25, 0.3) is 0 Å². The zero-order chi connectivity index (χ0) is 15.8. The van der Waals surface area contributed by atoms with E-state index in [1.54, 1.807) is 0 Å². The quantitative estimate of drug-likeness (QED) is 0.581. The van der Waals surface area contributed by atoms with Gasteiger partial charge in [-0.3, -0.25) is 9.89 Å². The molecule has 21 heavy (non-hydrogen) atoms. The minimum Gasteiger partial charge on any atom is -0.444 e. The van der Waals surface area contributed by atoms with E-state index in [9.17, 15) is 4.79 Å². The number of amides is 1. The highest BCUT2D eigenvalue weighted by Crippen LogP contribution is 2.34. The van der Waals surface area contributed by atoms with Gasteiger partial charge >= 0.3 is 6.09 Å².